The number of nitrogens with zero attached hydrogens (tertiary/aromatic N) is 4. The van der Waals surface area contributed by atoms with Gasteiger partial charge in [-0.15, -0.1) is 0 Å². The van der Waals surface area contributed by atoms with Crippen LogP contribution < -0.4 is 14.4 Å². The van der Waals surface area contributed by atoms with Gasteiger partial charge >= 0.3 is 0 Å². The number of hydrogen-bond acceptors (Lipinski definition) is 6. The van der Waals surface area contributed by atoms with E-state index >= 15 is 0 Å². The van der Waals surface area contributed by atoms with Crippen molar-refractivity contribution in [2.45, 2.75) is 0 Å². The van der Waals surface area contributed by atoms with Crippen molar-refractivity contribution in [3.05, 3.63) is 65.9 Å². The topological polar surface area (TPSA) is 67.8 Å². The van der Waals surface area contributed by atoms with Gasteiger partial charge in [-0.2, -0.15) is 0 Å². The molecule has 0 bridgehead atoms. The highest BCUT2D eigenvalue weighted by Gasteiger charge is 2.22. The highest BCUT2D eigenvalue weighted by atomic mass is 35.5. The second-order valence-electron chi connectivity index (χ2n) is 7.08. The van der Waals surface area contributed by atoms with Gasteiger partial charge in [-0.3, -0.25) is 4.79 Å². The molecule has 7 nitrogen and oxygen atoms in total. The van der Waals surface area contributed by atoms with Gasteiger partial charge in [-0.1, -0.05) is 23.7 Å². The molecule has 1 aromatic heterocycles. The van der Waals surface area contributed by atoms with Gasteiger partial charge in [0.1, 0.15) is 23.6 Å². The molecule has 3 aromatic rings. The minimum Gasteiger partial charge on any atom is -0.497 e. The summed E-state index contributed by atoms with van der Waals surface area (Å²) in [5.74, 6) is 2.11. The lowest BCUT2D eigenvalue weighted by Gasteiger charge is -2.35. The number of para-hydroxylation sites is 1. The molecule has 1 amide bonds. The Kier molecular flexibility index (Phi) is 6.52. The molecule has 0 atom stereocenters. The number of amides is 1. The SMILES string of the molecule is COc1ccc(-c2cc(N3CCN(C(=O)COc4ccccc4Cl)CC3)ncn2)cc1. The summed E-state index contributed by atoms with van der Waals surface area (Å²) in [5.41, 5.74) is 1.84. The van der Waals surface area contributed by atoms with E-state index in [-0.39, 0.29) is 12.5 Å². The maximum atomic E-state index is 12.5. The Morgan fingerprint density at radius 2 is 1.77 bits per heavy atom. The fourth-order valence-corrected chi connectivity index (χ4v) is 3.61. The number of benzene rings is 2. The maximum absolute atomic E-state index is 12.5. The molecule has 4 rings (SSSR count). The van der Waals surface area contributed by atoms with E-state index in [2.05, 4.69) is 14.9 Å². The van der Waals surface area contributed by atoms with Crippen molar-refractivity contribution in [2.75, 3.05) is 44.8 Å². The number of ether oxygens (including phenoxy) is 2. The Hall–Kier alpha value is -3.32. The summed E-state index contributed by atoms with van der Waals surface area (Å²) in [4.78, 5) is 25.3. The molecular weight excluding hydrogens is 416 g/mol. The third kappa shape index (κ3) is 5.06. The average Bonchev–Trinajstić information content (AvgIpc) is 2.83. The van der Waals surface area contributed by atoms with Gasteiger partial charge in [-0.25, -0.2) is 9.97 Å². The summed E-state index contributed by atoms with van der Waals surface area (Å²) in [6, 6.07) is 16.9. The first-order chi connectivity index (χ1) is 15.1. The molecule has 1 saturated heterocycles. The molecule has 0 radical (unpaired) electrons. The van der Waals surface area contributed by atoms with E-state index in [1.165, 1.54) is 0 Å². The predicted molar refractivity (Wildman–Crippen MR) is 120 cm³/mol. The number of carbonyl (C=O) groups excluding carboxylic acids is 1. The predicted octanol–water partition coefficient (Wildman–Crippen LogP) is 3.53. The Morgan fingerprint density at radius 1 is 1.03 bits per heavy atom. The lowest BCUT2D eigenvalue weighted by atomic mass is 10.1. The number of rotatable bonds is 6. The molecule has 2 heterocycles. The number of methoxy groups -OCH3 is 1. The van der Waals surface area contributed by atoms with Gasteiger partial charge < -0.3 is 19.3 Å². The van der Waals surface area contributed by atoms with E-state index in [4.69, 9.17) is 21.1 Å². The van der Waals surface area contributed by atoms with Gasteiger partial charge in [0.2, 0.25) is 0 Å². The van der Waals surface area contributed by atoms with E-state index in [0.29, 0.717) is 37.0 Å². The fraction of sp³-hybridized carbons (Fsp3) is 0.261. The summed E-state index contributed by atoms with van der Waals surface area (Å²) >= 11 is 6.08. The summed E-state index contributed by atoms with van der Waals surface area (Å²) in [6.45, 7) is 2.56. The van der Waals surface area contributed by atoms with Crippen molar-refractivity contribution in [2.24, 2.45) is 0 Å². The minimum atomic E-state index is -0.0545. The van der Waals surface area contributed by atoms with E-state index in [9.17, 15) is 4.79 Å². The number of aromatic nitrogens is 2. The van der Waals surface area contributed by atoms with E-state index < -0.39 is 0 Å². The van der Waals surface area contributed by atoms with Gasteiger partial charge in [0, 0.05) is 37.8 Å². The zero-order valence-corrected chi connectivity index (χ0v) is 18.0. The van der Waals surface area contributed by atoms with Gasteiger partial charge in [0.15, 0.2) is 6.61 Å². The fourth-order valence-electron chi connectivity index (χ4n) is 3.42. The second kappa shape index (κ2) is 9.66. The lowest BCUT2D eigenvalue weighted by Crippen LogP contribution is -2.50. The Morgan fingerprint density at radius 3 is 2.48 bits per heavy atom. The normalized spacial score (nSPS) is 13.7. The zero-order chi connectivity index (χ0) is 21.6. The standard InChI is InChI=1S/C23H23ClN4O3/c1-30-18-8-6-17(7-9-18)20-14-22(26-16-25-20)27-10-12-28(13-11-27)23(29)15-31-21-5-3-2-4-19(21)24/h2-9,14,16H,10-13,15H2,1H3. The van der Waals surface area contributed by atoms with Crippen LogP contribution in [0.15, 0.2) is 60.9 Å². The zero-order valence-electron chi connectivity index (χ0n) is 17.2. The Labute approximate surface area is 186 Å². The van der Waals surface area contributed by atoms with E-state index in [1.807, 2.05) is 42.5 Å². The van der Waals surface area contributed by atoms with Gasteiger partial charge in [0.05, 0.1) is 17.8 Å². The average molecular weight is 439 g/mol. The first kappa shape index (κ1) is 20.9. The van der Waals surface area contributed by atoms with Crippen LogP contribution in [0.4, 0.5) is 5.82 Å². The lowest BCUT2D eigenvalue weighted by molar-refractivity contribution is -0.133. The van der Waals surface area contributed by atoms with Crippen molar-refractivity contribution in [3.63, 3.8) is 0 Å². The van der Waals surface area contributed by atoms with Crippen LogP contribution in [0.1, 0.15) is 0 Å². The molecule has 2 aromatic carbocycles. The quantitative estimate of drug-likeness (QED) is 0.586. The number of hydrogen-bond donors (Lipinski definition) is 0. The first-order valence-electron chi connectivity index (χ1n) is 10.0. The van der Waals surface area contributed by atoms with Crippen LogP contribution in [0.25, 0.3) is 11.3 Å². The Balaban J connectivity index is 1.34. The molecule has 0 spiro atoms. The summed E-state index contributed by atoms with van der Waals surface area (Å²) in [5, 5.41) is 0.497. The largest absolute Gasteiger partial charge is 0.497 e. The number of halogens is 1. The Bertz CT molecular complexity index is 1040. The van der Waals surface area contributed by atoms with Gasteiger partial charge in [-0.05, 0) is 36.4 Å². The molecule has 0 unspecified atom stereocenters. The van der Waals surface area contributed by atoms with Crippen LogP contribution >= 0.6 is 11.6 Å². The molecule has 0 saturated carbocycles. The molecule has 1 fully saturated rings. The molecule has 0 N–H and O–H groups in total. The molecule has 1 aliphatic rings. The van der Waals surface area contributed by atoms with Crippen molar-refractivity contribution >= 4 is 23.3 Å². The van der Waals surface area contributed by atoms with Crippen LogP contribution in [-0.4, -0.2) is 60.7 Å². The summed E-state index contributed by atoms with van der Waals surface area (Å²) < 4.78 is 10.8. The van der Waals surface area contributed by atoms with Crippen LogP contribution in [-0.2, 0) is 4.79 Å². The molecular formula is C23H23ClN4O3. The molecule has 8 heteroatoms. The maximum Gasteiger partial charge on any atom is 0.260 e. The third-order valence-corrected chi connectivity index (χ3v) is 5.49. The van der Waals surface area contributed by atoms with Crippen molar-refractivity contribution in [1.29, 1.82) is 0 Å². The van der Waals surface area contributed by atoms with Crippen molar-refractivity contribution in [3.8, 4) is 22.8 Å². The van der Waals surface area contributed by atoms with Crippen LogP contribution in [0.3, 0.4) is 0 Å². The number of piperazine rings is 1. The highest BCUT2D eigenvalue weighted by Crippen LogP contribution is 2.25. The van der Waals surface area contributed by atoms with Crippen LogP contribution in [0, 0.1) is 0 Å². The molecule has 31 heavy (non-hydrogen) atoms. The molecule has 0 aliphatic carbocycles. The summed E-state index contributed by atoms with van der Waals surface area (Å²) in [7, 11) is 1.64. The highest BCUT2D eigenvalue weighted by molar-refractivity contribution is 6.32. The monoisotopic (exact) mass is 438 g/mol. The smallest absolute Gasteiger partial charge is 0.260 e. The van der Waals surface area contributed by atoms with E-state index in [1.54, 1.807) is 30.5 Å². The second-order valence-corrected chi connectivity index (χ2v) is 7.48. The number of anilines is 1. The molecule has 1 aliphatic heterocycles. The van der Waals surface area contributed by atoms with Crippen LogP contribution in [0.5, 0.6) is 11.5 Å². The van der Waals surface area contributed by atoms with Gasteiger partial charge in [0.25, 0.3) is 5.91 Å². The first-order valence-corrected chi connectivity index (χ1v) is 10.4. The third-order valence-electron chi connectivity index (χ3n) is 5.18. The van der Waals surface area contributed by atoms with Crippen molar-refractivity contribution < 1.29 is 14.3 Å². The van der Waals surface area contributed by atoms with Crippen LogP contribution in [0.2, 0.25) is 5.02 Å². The minimum absolute atomic E-state index is 0.0289. The summed E-state index contributed by atoms with van der Waals surface area (Å²) in [6.07, 6.45) is 1.57. The number of carbonyl (C=O) groups is 1. The van der Waals surface area contributed by atoms with E-state index in [0.717, 1.165) is 22.8 Å². The molecule has 160 valence electrons. The van der Waals surface area contributed by atoms with Crippen molar-refractivity contribution in [1.82, 2.24) is 14.9 Å².